The second-order valence-corrected chi connectivity index (χ2v) is 11.9. The van der Waals surface area contributed by atoms with Crippen LogP contribution < -0.4 is 10.2 Å². The lowest BCUT2D eigenvalue weighted by atomic mass is 9.98. The summed E-state index contributed by atoms with van der Waals surface area (Å²) in [4.78, 5) is 12.4. The number of carbonyl (C=O) groups excluding carboxylic acids is 1. The summed E-state index contributed by atoms with van der Waals surface area (Å²) in [6, 6.07) is 19.5. The van der Waals surface area contributed by atoms with Gasteiger partial charge in [0, 0.05) is 28.8 Å². The van der Waals surface area contributed by atoms with Crippen molar-refractivity contribution in [3.8, 4) is 16.9 Å². The Morgan fingerprint density at radius 2 is 1.76 bits per heavy atom. The van der Waals surface area contributed by atoms with Crippen molar-refractivity contribution in [2.24, 2.45) is 0 Å². The number of hydrogen-bond acceptors (Lipinski definition) is 6. The first kappa shape index (κ1) is 27.4. The Hall–Kier alpha value is -2.62. The quantitative estimate of drug-likeness (QED) is 0.202. The van der Waals surface area contributed by atoms with Gasteiger partial charge in [-0.05, 0) is 73.2 Å². The number of benzene rings is 3. The normalized spacial score (nSPS) is 15.2. The third kappa shape index (κ3) is 5.94. The Labute approximate surface area is 226 Å². The fourth-order valence-corrected chi connectivity index (χ4v) is 6.90. The van der Waals surface area contributed by atoms with Gasteiger partial charge in [-0.3, -0.25) is 10.0 Å². The van der Waals surface area contributed by atoms with Gasteiger partial charge in [0.2, 0.25) is 0 Å². The maximum Gasteiger partial charge on any atom is 0.265 e. The first-order valence-corrected chi connectivity index (χ1v) is 14.0. The fourth-order valence-electron chi connectivity index (χ4n) is 4.45. The average Bonchev–Trinajstić information content (AvgIpc) is 2.91. The summed E-state index contributed by atoms with van der Waals surface area (Å²) in [7, 11) is -4.07. The molecule has 1 amide bonds. The summed E-state index contributed by atoms with van der Waals surface area (Å²) in [6.07, 6.45) is 1.46. The molecule has 4 rings (SSSR count). The maximum absolute atomic E-state index is 13.3. The van der Waals surface area contributed by atoms with E-state index in [-0.39, 0.29) is 31.0 Å². The molecule has 10 heteroatoms. The molecule has 37 heavy (non-hydrogen) atoms. The summed E-state index contributed by atoms with van der Waals surface area (Å²) < 4.78 is 35.9. The molecule has 1 heterocycles. The van der Waals surface area contributed by atoms with Crippen LogP contribution in [0.2, 0.25) is 10.0 Å². The molecule has 0 bridgehead atoms. The minimum atomic E-state index is -4.07. The van der Waals surface area contributed by atoms with Crippen molar-refractivity contribution >= 4 is 38.9 Å². The molecule has 1 aliphatic rings. The van der Waals surface area contributed by atoms with Gasteiger partial charge in [-0.1, -0.05) is 53.5 Å². The molecule has 0 atom stereocenters. The van der Waals surface area contributed by atoms with E-state index in [1.165, 1.54) is 17.6 Å². The van der Waals surface area contributed by atoms with Crippen LogP contribution in [0.4, 0.5) is 0 Å². The van der Waals surface area contributed by atoms with E-state index in [1.54, 1.807) is 18.2 Å². The molecule has 3 aromatic rings. The third-order valence-corrected chi connectivity index (χ3v) is 9.57. The van der Waals surface area contributed by atoms with Crippen LogP contribution in [0.5, 0.6) is 5.75 Å². The molecule has 7 nitrogen and oxygen atoms in total. The van der Waals surface area contributed by atoms with E-state index in [9.17, 15) is 13.2 Å². The van der Waals surface area contributed by atoms with Crippen molar-refractivity contribution in [2.45, 2.75) is 35.3 Å². The topological polar surface area (TPSA) is 102 Å². The number of rotatable bonds is 9. The molecular formula is C27H27Cl2NO6S. The summed E-state index contributed by atoms with van der Waals surface area (Å²) in [6.45, 7) is 0.666. The van der Waals surface area contributed by atoms with Gasteiger partial charge in [-0.2, -0.15) is 0 Å². The van der Waals surface area contributed by atoms with E-state index in [0.29, 0.717) is 22.4 Å². The molecular weight excluding hydrogens is 537 g/mol. The van der Waals surface area contributed by atoms with E-state index in [0.717, 1.165) is 29.5 Å². The van der Waals surface area contributed by atoms with Gasteiger partial charge >= 0.3 is 0 Å². The number of hydrogen-bond donors (Lipinski definition) is 2. The largest absolute Gasteiger partial charge is 0.494 e. The van der Waals surface area contributed by atoms with E-state index < -0.39 is 20.5 Å². The van der Waals surface area contributed by atoms with Gasteiger partial charge in [0.05, 0.1) is 11.5 Å². The van der Waals surface area contributed by atoms with Crippen LogP contribution in [0.1, 0.15) is 24.8 Å². The minimum Gasteiger partial charge on any atom is -0.494 e. The number of hydroxylamine groups is 1. The highest BCUT2D eigenvalue weighted by Crippen LogP contribution is 2.36. The summed E-state index contributed by atoms with van der Waals surface area (Å²) in [5.74, 6) is -0.424. The van der Waals surface area contributed by atoms with E-state index in [2.05, 4.69) is 6.07 Å². The van der Waals surface area contributed by atoms with Gasteiger partial charge in [0.15, 0.2) is 14.6 Å². The lowest BCUT2D eigenvalue weighted by Gasteiger charge is -2.34. The van der Waals surface area contributed by atoms with E-state index in [4.69, 9.17) is 37.9 Å². The van der Waals surface area contributed by atoms with E-state index >= 15 is 0 Å². The average molecular weight is 564 g/mol. The SMILES string of the molecule is O=C(NO)C1(S(=O)(=O)c2ccc(OCCCc3cccc(-c4ccc(Cl)cc4Cl)c3)cc2)CCOCC1. The van der Waals surface area contributed by atoms with Crippen molar-refractivity contribution in [3.63, 3.8) is 0 Å². The Kier molecular flexibility index (Phi) is 8.77. The predicted octanol–water partition coefficient (Wildman–Crippen LogP) is 5.50. The molecule has 0 saturated carbocycles. The highest BCUT2D eigenvalue weighted by molar-refractivity contribution is 7.93. The number of ether oxygens (including phenoxy) is 2. The molecule has 0 spiro atoms. The van der Waals surface area contributed by atoms with Crippen LogP contribution >= 0.6 is 23.2 Å². The number of sulfone groups is 1. The fraction of sp³-hybridized carbons (Fsp3) is 0.296. The molecule has 1 aliphatic heterocycles. The molecule has 2 N–H and O–H groups in total. The lowest BCUT2D eigenvalue weighted by molar-refractivity contribution is -0.134. The first-order chi connectivity index (χ1) is 17.8. The highest BCUT2D eigenvalue weighted by atomic mass is 35.5. The van der Waals surface area contributed by atoms with Gasteiger partial charge in [-0.15, -0.1) is 0 Å². The number of amides is 1. The summed E-state index contributed by atoms with van der Waals surface area (Å²) in [5.41, 5.74) is 4.58. The standard InChI is InChI=1S/C27H27Cl2NO6S/c28-21-6-11-24(25(29)18-21)20-5-1-3-19(17-20)4-2-14-36-22-7-9-23(10-8-22)37(33,34)27(26(31)30-32)12-15-35-16-13-27/h1,3,5-11,17-18,32H,2,4,12-16H2,(H,30,31). The van der Waals surface area contributed by atoms with Crippen LogP contribution in [0.15, 0.2) is 71.6 Å². The third-order valence-electron chi connectivity index (χ3n) is 6.51. The van der Waals surface area contributed by atoms with Gasteiger partial charge in [-0.25, -0.2) is 13.9 Å². The number of aryl methyl sites for hydroxylation is 1. The van der Waals surface area contributed by atoms with Gasteiger partial charge in [0.1, 0.15) is 5.75 Å². The molecule has 0 unspecified atom stereocenters. The van der Waals surface area contributed by atoms with Crippen LogP contribution in [0.25, 0.3) is 11.1 Å². The zero-order chi connectivity index (χ0) is 26.5. The lowest BCUT2D eigenvalue weighted by Crippen LogP contribution is -2.54. The van der Waals surface area contributed by atoms with Crippen molar-refractivity contribution < 1.29 is 27.9 Å². The number of carbonyl (C=O) groups is 1. The van der Waals surface area contributed by atoms with Crippen molar-refractivity contribution in [1.29, 1.82) is 0 Å². The highest BCUT2D eigenvalue weighted by Gasteiger charge is 2.52. The van der Waals surface area contributed by atoms with Crippen molar-refractivity contribution in [3.05, 3.63) is 82.3 Å². The predicted molar refractivity (Wildman–Crippen MR) is 142 cm³/mol. The Morgan fingerprint density at radius 3 is 2.43 bits per heavy atom. The Bertz CT molecular complexity index is 1360. The molecule has 0 radical (unpaired) electrons. The molecule has 196 valence electrons. The summed E-state index contributed by atoms with van der Waals surface area (Å²) >= 11 is 12.4. The second kappa shape index (κ2) is 11.8. The Balaban J connectivity index is 1.36. The second-order valence-electron chi connectivity index (χ2n) is 8.80. The van der Waals surface area contributed by atoms with Crippen LogP contribution in [-0.2, 0) is 25.8 Å². The van der Waals surface area contributed by atoms with Crippen LogP contribution in [0.3, 0.4) is 0 Å². The van der Waals surface area contributed by atoms with Crippen LogP contribution in [-0.4, -0.2) is 44.1 Å². The molecule has 0 aromatic heterocycles. The summed E-state index contributed by atoms with van der Waals surface area (Å²) in [5, 5.41) is 10.4. The zero-order valence-electron chi connectivity index (χ0n) is 20.0. The first-order valence-electron chi connectivity index (χ1n) is 11.8. The smallest absolute Gasteiger partial charge is 0.265 e. The van der Waals surface area contributed by atoms with E-state index in [1.807, 2.05) is 30.3 Å². The zero-order valence-corrected chi connectivity index (χ0v) is 22.3. The number of nitrogens with one attached hydrogen (secondary N) is 1. The van der Waals surface area contributed by atoms with Crippen molar-refractivity contribution in [2.75, 3.05) is 19.8 Å². The minimum absolute atomic E-state index is 0.0111. The molecule has 1 fully saturated rings. The maximum atomic E-state index is 13.3. The van der Waals surface area contributed by atoms with Crippen LogP contribution in [0, 0.1) is 0 Å². The Morgan fingerprint density at radius 1 is 1.03 bits per heavy atom. The monoisotopic (exact) mass is 563 g/mol. The van der Waals surface area contributed by atoms with Gasteiger partial charge < -0.3 is 9.47 Å². The van der Waals surface area contributed by atoms with Gasteiger partial charge in [0.25, 0.3) is 5.91 Å². The number of halogens is 2. The molecule has 3 aromatic carbocycles. The van der Waals surface area contributed by atoms with Crippen molar-refractivity contribution in [1.82, 2.24) is 5.48 Å². The molecule has 1 saturated heterocycles. The molecule has 0 aliphatic carbocycles.